The molecule has 1 atom stereocenters. The van der Waals surface area contributed by atoms with Gasteiger partial charge in [-0.3, -0.25) is 4.79 Å². The van der Waals surface area contributed by atoms with Crippen LogP contribution in [0.25, 0.3) is 0 Å². The summed E-state index contributed by atoms with van der Waals surface area (Å²) >= 11 is 0. The van der Waals surface area contributed by atoms with Crippen molar-refractivity contribution in [1.29, 1.82) is 0 Å². The summed E-state index contributed by atoms with van der Waals surface area (Å²) in [4.78, 5) is 12.4. The summed E-state index contributed by atoms with van der Waals surface area (Å²) in [5.41, 5.74) is 1.11. The van der Waals surface area contributed by atoms with Crippen LogP contribution in [0.2, 0.25) is 0 Å². The zero-order chi connectivity index (χ0) is 17.7. The van der Waals surface area contributed by atoms with Crippen LogP contribution in [0.3, 0.4) is 0 Å². The predicted molar refractivity (Wildman–Crippen MR) is 96.5 cm³/mol. The number of carbonyl (C=O) groups excluding carboxylic acids is 1. The average molecular weight is 359 g/mol. The van der Waals surface area contributed by atoms with E-state index in [0.717, 1.165) is 19.4 Å². The highest BCUT2D eigenvalue weighted by Gasteiger charge is 2.21. The molecule has 1 aliphatic heterocycles. The van der Waals surface area contributed by atoms with Crippen LogP contribution in [0.1, 0.15) is 29.6 Å². The first-order valence-corrected chi connectivity index (χ1v) is 10.0. The first-order valence-electron chi connectivity index (χ1n) is 8.35. The summed E-state index contributed by atoms with van der Waals surface area (Å²) < 4.78 is 30.3. The smallest absolute Gasteiger partial charge is 0.255 e. The summed E-state index contributed by atoms with van der Waals surface area (Å²) in [5, 5.41) is 2.76. The Morgan fingerprint density at radius 2 is 1.80 bits per heavy atom. The lowest BCUT2D eigenvalue weighted by molar-refractivity contribution is 0.102. The Morgan fingerprint density at radius 1 is 1.08 bits per heavy atom. The number of hydrogen-bond donors (Lipinski definition) is 1. The molecule has 0 aromatic heterocycles. The first kappa shape index (κ1) is 17.6. The van der Waals surface area contributed by atoms with Gasteiger partial charge in [0.1, 0.15) is 0 Å². The van der Waals surface area contributed by atoms with E-state index in [1.807, 2.05) is 6.07 Å². The third-order valence-corrected chi connectivity index (χ3v) is 6.00. The summed E-state index contributed by atoms with van der Waals surface area (Å²) in [6, 6.07) is 15.2. The van der Waals surface area contributed by atoms with Gasteiger partial charge in [-0.05, 0) is 55.7 Å². The zero-order valence-corrected chi connectivity index (χ0v) is 14.7. The van der Waals surface area contributed by atoms with Gasteiger partial charge in [-0.1, -0.05) is 18.2 Å². The fraction of sp³-hybridized carbons (Fsp3) is 0.316. The highest BCUT2D eigenvalue weighted by Crippen LogP contribution is 2.20. The fourth-order valence-corrected chi connectivity index (χ4v) is 4.17. The van der Waals surface area contributed by atoms with Crippen molar-refractivity contribution in [1.82, 2.24) is 0 Å². The van der Waals surface area contributed by atoms with E-state index in [-0.39, 0.29) is 22.7 Å². The van der Waals surface area contributed by atoms with E-state index in [1.54, 1.807) is 36.4 Å². The highest BCUT2D eigenvalue weighted by molar-refractivity contribution is 7.91. The molecule has 0 saturated carbocycles. The minimum absolute atomic E-state index is 0.0548. The lowest BCUT2D eigenvalue weighted by Crippen LogP contribution is -2.15. The van der Waals surface area contributed by atoms with Crippen molar-refractivity contribution in [3.05, 3.63) is 60.2 Å². The van der Waals surface area contributed by atoms with Crippen molar-refractivity contribution in [3.8, 4) is 0 Å². The minimum Gasteiger partial charge on any atom is -0.378 e. The van der Waals surface area contributed by atoms with Crippen molar-refractivity contribution in [2.45, 2.75) is 30.3 Å². The van der Waals surface area contributed by atoms with E-state index in [1.165, 1.54) is 12.1 Å². The molecular formula is C19H21NO4S. The summed E-state index contributed by atoms with van der Waals surface area (Å²) in [6.45, 7) is 0.723. The monoisotopic (exact) mass is 359 g/mol. The summed E-state index contributed by atoms with van der Waals surface area (Å²) in [5.74, 6) is -0.150. The third kappa shape index (κ3) is 4.67. The molecule has 1 amide bonds. The number of hydrogen-bond acceptors (Lipinski definition) is 4. The Morgan fingerprint density at radius 3 is 2.44 bits per heavy atom. The quantitative estimate of drug-likeness (QED) is 0.859. The Hall–Kier alpha value is -2.18. The van der Waals surface area contributed by atoms with Crippen molar-refractivity contribution in [2.75, 3.05) is 17.7 Å². The number of sulfone groups is 1. The SMILES string of the molecule is O=C(Nc1ccc(S(=O)(=O)CCC2CCCO2)cc1)c1ccccc1. The molecule has 2 aromatic carbocycles. The van der Waals surface area contributed by atoms with E-state index in [0.29, 0.717) is 17.7 Å². The topological polar surface area (TPSA) is 72.5 Å². The molecule has 0 aliphatic carbocycles. The molecule has 3 rings (SSSR count). The maximum Gasteiger partial charge on any atom is 0.255 e. The van der Waals surface area contributed by atoms with Gasteiger partial charge in [-0.25, -0.2) is 8.42 Å². The zero-order valence-electron chi connectivity index (χ0n) is 13.9. The Labute approximate surface area is 147 Å². The van der Waals surface area contributed by atoms with Crippen LogP contribution in [-0.2, 0) is 14.6 Å². The van der Waals surface area contributed by atoms with Crippen molar-refractivity contribution in [3.63, 3.8) is 0 Å². The van der Waals surface area contributed by atoms with E-state index in [4.69, 9.17) is 4.74 Å². The predicted octanol–water partition coefficient (Wildman–Crippen LogP) is 3.28. The Bertz CT molecular complexity index is 810. The molecule has 0 spiro atoms. The van der Waals surface area contributed by atoms with Gasteiger partial charge in [0.05, 0.1) is 16.8 Å². The number of rotatable bonds is 6. The van der Waals surface area contributed by atoms with Gasteiger partial charge >= 0.3 is 0 Å². The molecule has 1 aliphatic rings. The largest absolute Gasteiger partial charge is 0.378 e. The molecule has 0 bridgehead atoms. The van der Waals surface area contributed by atoms with Gasteiger partial charge in [-0.2, -0.15) is 0 Å². The second-order valence-corrected chi connectivity index (χ2v) is 8.20. The van der Waals surface area contributed by atoms with E-state index in [2.05, 4.69) is 5.32 Å². The lowest BCUT2D eigenvalue weighted by atomic mass is 10.2. The Balaban J connectivity index is 1.62. The molecular weight excluding hydrogens is 338 g/mol. The minimum atomic E-state index is -3.34. The van der Waals surface area contributed by atoms with Crippen LogP contribution >= 0.6 is 0 Å². The molecule has 1 unspecified atom stereocenters. The van der Waals surface area contributed by atoms with Gasteiger partial charge in [-0.15, -0.1) is 0 Å². The summed E-state index contributed by atoms with van der Waals surface area (Å²) in [7, 11) is -3.34. The van der Waals surface area contributed by atoms with Crippen LogP contribution in [0.15, 0.2) is 59.5 Å². The van der Waals surface area contributed by atoms with Crippen molar-refractivity contribution >= 4 is 21.4 Å². The van der Waals surface area contributed by atoms with Crippen LogP contribution in [0.4, 0.5) is 5.69 Å². The summed E-state index contributed by atoms with van der Waals surface area (Å²) in [6.07, 6.45) is 2.51. The van der Waals surface area contributed by atoms with Crippen molar-refractivity contribution in [2.24, 2.45) is 0 Å². The lowest BCUT2D eigenvalue weighted by Gasteiger charge is -2.10. The van der Waals surface area contributed by atoms with Crippen LogP contribution in [-0.4, -0.2) is 32.8 Å². The number of benzene rings is 2. The molecule has 5 nitrogen and oxygen atoms in total. The van der Waals surface area contributed by atoms with Crippen LogP contribution in [0.5, 0.6) is 0 Å². The number of ether oxygens (including phenoxy) is 1. The molecule has 1 heterocycles. The number of nitrogens with one attached hydrogen (secondary N) is 1. The first-order chi connectivity index (χ1) is 12.0. The van der Waals surface area contributed by atoms with E-state index < -0.39 is 9.84 Å². The van der Waals surface area contributed by atoms with Gasteiger partial charge in [0, 0.05) is 17.9 Å². The standard InChI is InChI=1S/C19H21NO4S/c21-19(15-5-2-1-3-6-15)20-16-8-10-18(11-9-16)25(22,23)14-12-17-7-4-13-24-17/h1-3,5-6,8-11,17H,4,7,12-14H2,(H,20,21). The average Bonchev–Trinajstić information content (AvgIpc) is 3.15. The maximum absolute atomic E-state index is 12.4. The molecule has 132 valence electrons. The highest BCUT2D eigenvalue weighted by atomic mass is 32.2. The van der Waals surface area contributed by atoms with Crippen molar-refractivity contribution < 1.29 is 17.9 Å². The number of anilines is 1. The normalized spacial score (nSPS) is 17.4. The van der Waals surface area contributed by atoms with Crippen LogP contribution < -0.4 is 5.32 Å². The maximum atomic E-state index is 12.4. The third-order valence-electron chi connectivity index (χ3n) is 4.24. The van der Waals surface area contributed by atoms with E-state index >= 15 is 0 Å². The second-order valence-electron chi connectivity index (χ2n) is 6.09. The molecule has 6 heteroatoms. The molecule has 2 aromatic rings. The van der Waals surface area contributed by atoms with E-state index in [9.17, 15) is 13.2 Å². The number of amides is 1. The van der Waals surface area contributed by atoms with Gasteiger partial charge in [0.15, 0.2) is 9.84 Å². The van der Waals surface area contributed by atoms with Gasteiger partial charge in [0.25, 0.3) is 5.91 Å². The fourth-order valence-electron chi connectivity index (χ4n) is 2.81. The van der Waals surface area contributed by atoms with Crippen LogP contribution in [0, 0.1) is 0 Å². The number of carbonyl (C=O) groups is 1. The second kappa shape index (κ2) is 7.80. The Kier molecular flexibility index (Phi) is 5.50. The molecule has 1 N–H and O–H groups in total. The van der Waals surface area contributed by atoms with Gasteiger partial charge in [0.2, 0.25) is 0 Å². The van der Waals surface area contributed by atoms with Gasteiger partial charge < -0.3 is 10.1 Å². The molecule has 25 heavy (non-hydrogen) atoms. The molecule has 0 radical (unpaired) electrons. The molecule has 1 fully saturated rings. The molecule has 1 saturated heterocycles.